The first kappa shape index (κ1) is 21.3. The molecule has 0 spiro atoms. The number of fused-ring (bicyclic) bond motifs is 2. The smallest absolute Gasteiger partial charge is 0.326 e. The zero-order valence-corrected chi connectivity index (χ0v) is 18.7. The van der Waals surface area contributed by atoms with Crippen molar-refractivity contribution >= 4 is 23.3 Å². The Labute approximate surface area is 194 Å². The molecule has 3 aromatic rings. The number of hydrogen-bond acceptors (Lipinski definition) is 2. The average Bonchev–Trinajstić information content (AvgIpc) is 3.07. The van der Waals surface area contributed by atoms with Gasteiger partial charge in [-0.25, -0.2) is 4.79 Å². The summed E-state index contributed by atoms with van der Waals surface area (Å²) in [6.07, 6.45) is 6.15. The Hall–Kier alpha value is -3.60. The molecule has 5 heteroatoms. The molecule has 1 aliphatic carbocycles. The van der Waals surface area contributed by atoms with Gasteiger partial charge in [-0.1, -0.05) is 42.5 Å². The van der Waals surface area contributed by atoms with Gasteiger partial charge in [-0.3, -0.25) is 9.69 Å². The Morgan fingerprint density at radius 2 is 1.52 bits per heavy atom. The van der Waals surface area contributed by atoms with Crippen molar-refractivity contribution in [2.24, 2.45) is 0 Å². The number of carbonyl (C=O) groups excluding carboxylic acids is 2. The molecular formula is C28H29N3O2. The van der Waals surface area contributed by atoms with E-state index in [1.807, 2.05) is 29.2 Å². The summed E-state index contributed by atoms with van der Waals surface area (Å²) in [6.45, 7) is 0.701. The van der Waals surface area contributed by atoms with Crippen LogP contribution in [-0.2, 0) is 12.8 Å². The number of urea groups is 1. The van der Waals surface area contributed by atoms with Crippen LogP contribution in [0.4, 0.5) is 16.2 Å². The van der Waals surface area contributed by atoms with Crippen molar-refractivity contribution in [2.45, 2.75) is 44.6 Å². The summed E-state index contributed by atoms with van der Waals surface area (Å²) < 4.78 is 0. The maximum Gasteiger partial charge on any atom is 0.326 e. The highest BCUT2D eigenvalue weighted by Gasteiger charge is 2.23. The third-order valence-electron chi connectivity index (χ3n) is 6.68. The standard InChI is InChI=1S/C28H29N3O2/c32-27(30-25-13-7-11-20-8-1-3-12-24(20)25)22-15-17-23(18-16-22)29-28(33)31-19-6-5-10-21-9-2-4-14-26(21)31/h1-4,8-9,12,14-18,25H,5-7,10-11,13,19H2,(H,29,33)(H,30,32)/t25-/m0/s1. The van der Waals surface area contributed by atoms with Crippen LogP contribution in [0, 0.1) is 0 Å². The molecule has 168 valence electrons. The van der Waals surface area contributed by atoms with Gasteiger partial charge in [0.05, 0.1) is 6.04 Å². The van der Waals surface area contributed by atoms with Gasteiger partial charge < -0.3 is 10.6 Å². The molecule has 1 atom stereocenters. The minimum Gasteiger partial charge on any atom is -0.345 e. The van der Waals surface area contributed by atoms with Crippen LogP contribution in [0.5, 0.6) is 0 Å². The molecule has 0 aromatic heterocycles. The van der Waals surface area contributed by atoms with Crippen molar-refractivity contribution in [1.82, 2.24) is 5.32 Å². The van der Waals surface area contributed by atoms with Crippen molar-refractivity contribution in [3.8, 4) is 0 Å². The van der Waals surface area contributed by atoms with Crippen molar-refractivity contribution in [3.63, 3.8) is 0 Å². The molecule has 0 saturated carbocycles. The van der Waals surface area contributed by atoms with E-state index in [0.717, 1.165) is 44.2 Å². The van der Waals surface area contributed by atoms with Crippen molar-refractivity contribution < 1.29 is 9.59 Å². The number of amides is 3. The molecule has 33 heavy (non-hydrogen) atoms. The van der Waals surface area contributed by atoms with Crippen LogP contribution in [0.3, 0.4) is 0 Å². The second kappa shape index (κ2) is 9.49. The summed E-state index contributed by atoms with van der Waals surface area (Å²) in [4.78, 5) is 27.7. The zero-order valence-electron chi connectivity index (χ0n) is 18.7. The molecule has 0 radical (unpaired) electrons. The lowest BCUT2D eigenvalue weighted by atomic mass is 9.87. The summed E-state index contributed by atoms with van der Waals surface area (Å²) in [6, 6.07) is 23.5. The van der Waals surface area contributed by atoms with Gasteiger partial charge in [-0.2, -0.15) is 0 Å². The van der Waals surface area contributed by atoms with E-state index in [9.17, 15) is 9.59 Å². The highest BCUT2D eigenvalue weighted by molar-refractivity contribution is 6.02. The number of anilines is 2. The van der Waals surface area contributed by atoms with Crippen molar-refractivity contribution in [1.29, 1.82) is 0 Å². The molecular weight excluding hydrogens is 410 g/mol. The van der Waals surface area contributed by atoms with Crippen LogP contribution in [0.25, 0.3) is 0 Å². The van der Waals surface area contributed by atoms with Crippen LogP contribution >= 0.6 is 0 Å². The number of hydrogen-bond donors (Lipinski definition) is 2. The first-order chi connectivity index (χ1) is 16.2. The van der Waals surface area contributed by atoms with Gasteiger partial charge in [0.15, 0.2) is 0 Å². The van der Waals surface area contributed by atoms with Gasteiger partial charge in [0.25, 0.3) is 5.91 Å². The molecule has 5 rings (SSSR count). The Morgan fingerprint density at radius 1 is 0.788 bits per heavy atom. The van der Waals surface area contributed by atoms with Gasteiger partial charge in [0.1, 0.15) is 0 Å². The van der Waals surface area contributed by atoms with E-state index in [1.165, 1.54) is 16.7 Å². The summed E-state index contributed by atoms with van der Waals surface area (Å²) in [7, 11) is 0. The normalized spacial score (nSPS) is 17.3. The van der Waals surface area contributed by atoms with Gasteiger partial charge in [0, 0.05) is 23.5 Å². The van der Waals surface area contributed by atoms with E-state index in [0.29, 0.717) is 17.8 Å². The van der Waals surface area contributed by atoms with Crippen LogP contribution in [0.15, 0.2) is 72.8 Å². The van der Waals surface area contributed by atoms with E-state index in [-0.39, 0.29) is 18.0 Å². The number of aryl methyl sites for hydroxylation is 2. The Kier molecular flexibility index (Phi) is 6.11. The monoisotopic (exact) mass is 439 g/mol. The molecule has 0 saturated heterocycles. The zero-order chi connectivity index (χ0) is 22.6. The molecule has 3 aromatic carbocycles. The molecule has 2 N–H and O–H groups in total. The lowest BCUT2D eigenvalue weighted by Gasteiger charge is -2.26. The van der Waals surface area contributed by atoms with Crippen LogP contribution in [0.2, 0.25) is 0 Å². The minimum atomic E-state index is -0.139. The van der Waals surface area contributed by atoms with Crippen molar-refractivity contribution in [3.05, 3.63) is 95.1 Å². The first-order valence-corrected chi connectivity index (χ1v) is 11.8. The van der Waals surface area contributed by atoms with Crippen LogP contribution in [0.1, 0.15) is 58.8 Å². The molecule has 0 fully saturated rings. The van der Waals surface area contributed by atoms with Gasteiger partial charge in [0.2, 0.25) is 0 Å². The molecule has 1 aliphatic heterocycles. The van der Waals surface area contributed by atoms with Crippen molar-refractivity contribution in [2.75, 3.05) is 16.8 Å². The van der Waals surface area contributed by atoms with E-state index in [1.54, 1.807) is 24.3 Å². The van der Waals surface area contributed by atoms with E-state index >= 15 is 0 Å². The predicted molar refractivity (Wildman–Crippen MR) is 132 cm³/mol. The fourth-order valence-corrected chi connectivity index (χ4v) is 4.94. The first-order valence-electron chi connectivity index (χ1n) is 11.8. The minimum absolute atomic E-state index is 0.0462. The predicted octanol–water partition coefficient (Wildman–Crippen LogP) is 5.87. The number of para-hydroxylation sites is 1. The highest BCUT2D eigenvalue weighted by Crippen LogP contribution is 2.30. The summed E-state index contributed by atoms with van der Waals surface area (Å²) in [5, 5.41) is 6.18. The topological polar surface area (TPSA) is 61.4 Å². The molecule has 0 unspecified atom stereocenters. The number of carbonyl (C=O) groups is 2. The summed E-state index contributed by atoms with van der Waals surface area (Å²) in [5.41, 5.74) is 6.01. The molecule has 5 nitrogen and oxygen atoms in total. The lowest BCUT2D eigenvalue weighted by molar-refractivity contribution is 0.0932. The van der Waals surface area contributed by atoms with E-state index < -0.39 is 0 Å². The van der Waals surface area contributed by atoms with Crippen LogP contribution < -0.4 is 15.5 Å². The maximum atomic E-state index is 13.0. The van der Waals surface area contributed by atoms with Gasteiger partial charge >= 0.3 is 6.03 Å². The quantitative estimate of drug-likeness (QED) is 0.536. The Bertz CT molecular complexity index is 1160. The van der Waals surface area contributed by atoms with E-state index in [2.05, 4.69) is 34.9 Å². The molecule has 2 aliphatic rings. The number of benzene rings is 3. The lowest BCUT2D eigenvalue weighted by Crippen LogP contribution is -2.35. The Balaban J connectivity index is 1.25. The van der Waals surface area contributed by atoms with Crippen LogP contribution in [-0.4, -0.2) is 18.5 Å². The Morgan fingerprint density at radius 3 is 2.36 bits per heavy atom. The number of nitrogens with one attached hydrogen (secondary N) is 2. The number of nitrogens with zero attached hydrogens (tertiary/aromatic N) is 1. The SMILES string of the molecule is O=C(N[C@H]1CCCc2ccccc21)c1ccc(NC(=O)N2CCCCc3ccccc32)cc1. The third kappa shape index (κ3) is 4.63. The second-order valence-electron chi connectivity index (χ2n) is 8.86. The van der Waals surface area contributed by atoms with Gasteiger partial charge in [-0.05, 0) is 85.5 Å². The van der Waals surface area contributed by atoms with Gasteiger partial charge in [-0.15, -0.1) is 0 Å². The average molecular weight is 440 g/mol. The highest BCUT2D eigenvalue weighted by atomic mass is 16.2. The maximum absolute atomic E-state index is 13.0. The summed E-state index contributed by atoms with van der Waals surface area (Å²) in [5.74, 6) is -0.0870. The third-order valence-corrected chi connectivity index (χ3v) is 6.68. The molecule has 0 bridgehead atoms. The fourth-order valence-electron chi connectivity index (χ4n) is 4.94. The molecule has 1 heterocycles. The molecule has 3 amide bonds. The second-order valence-corrected chi connectivity index (χ2v) is 8.86. The largest absolute Gasteiger partial charge is 0.345 e. The summed E-state index contributed by atoms with van der Waals surface area (Å²) >= 11 is 0. The van der Waals surface area contributed by atoms with E-state index in [4.69, 9.17) is 0 Å². The fraction of sp³-hybridized carbons (Fsp3) is 0.286. The number of rotatable bonds is 3.